The third kappa shape index (κ3) is 2.46. The number of aliphatic carboxylic acids is 1. The molecule has 0 spiro atoms. The van der Waals surface area contributed by atoms with Crippen molar-refractivity contribution in [3.63, 3.8) is 0 Å². The van der Waals surface area contributed by atoms with E-state index in [0.29, 0.717) is 12.1 Å². The van der Waals surface area contributed by atoms with Crippen molar-refractivity contribution in [2.45, 2.75) is 6.42 Å². The highest BCUT2D eigenvalue weighted by atomic mass is 19.1. The van der Waals surface area contributed by atoms with Crippen molar-refractivity contribution in [2.75, 3.05) is 0 Å². The quantitative estimate of drug-likeness (QED) is 0.614. The number of nitro groups is 1. The highest BCUT2D eigenvalue weighted by Gasteiger charge is 2.18. The van der Waals surface area contributed by atoms with Gasteiger partial charge in [-0.3, -0.25) is 14.9 Å². The molecule has 0 bridgehead atoms. The molecule has 15 heavy (non-hydrogen) atoms. The minimum absolute atomic E-state index is 0.487. The van der Waals surface area contributed by atoms with Crippen molar-refractivity contribution in [1.29, 1.82) is 0 Å². The number of benzene rings is 1. The number of hydrogen-bond donors (Lipinski definition) is 1. The maximum Gasteiger partial charge on any atom is 0.308 e. The lowest BCUT2D eigenvalue weighted by Crippen LogP contribution is -2.06. The van der Waals surface area contributed by atoms with E-state index in [-0.39, 0.29) is 0 Å². The second-order valence-electron chi connectivity index (χ2n) is 2.72. The van der Waals surface area contributed by atoms with Crippen LogP contribution in [0.3, 0.4) is 0 Å². The molecule has 0 saturated carbocycles. The fourth-order valence-corrected chi connectivity index (χ4v) is 1.02. The monoisotopic (exact) mass is 217 g/mol. The van der Waals surface area contributed by atoms with Gasteiger partial charge in [-0.15, -0.1) is 0 Å². The summed E-state index contributed by atoms with van der Waals surface area (Å²) < 4.78 is 26.0. The lowest BCUT2D eigenvalue weighted by atomic mass is 10.1. The zero-order chi connectivity index (χ0) is 11.6. The SMILES string of the molecule is O=C(O)Cc1c(F)cc([N+](=O)[O-])cc1F. The van der Waals surface area contributed by atoms with Gasteiger partial charge in [0.05, 0.1) is 23.5 Å². The third-order valence-corrected chi connectivity index (χ3v) is 1.66. The maximum absolute atomic E-state index is 13.0. The van der Waals surface area contributed by atoms with E-state index in [1.807, 2.05) is 0 Å². The minimum Gasteiger partial charge on any atom is -0.481 e. The molecule has 0 aliphatic heterocycles. The molecule has 0 unspecified atom stereocenters. The molecule has 0 aliphatic rings. The summed E-state index contributed by atoms with van der Waals surface area (Å²) >= 11 is 0. The van der Waals surface area contributed by atoms with Crippen LogP contribution in [0.2, 0.25) is 0 Å². The van der Waals surface area contributed by atoms with Crippen LogP contribution in [0.4, 0.5) is 14.5 Å². The summed E-state index contributed by atoms with van der Waals surface area (Å²) in [6.45, 7) is 0. The molecular weight excluding hydrogens is 212 g/mol. The first-order valence-electron chi connectivity index (χ1n) is 3.76. The van der Waals surface area contributed by atoms with E-state index < -0.39 is 40.2 Å². The summed E-state index contributed by atoms with van der Waals surface area (Å²) in [6, 6.07) is 0.975. The lowest BCUT2D eigenvalue weighted by Gasteiger charge is -2.01. The van der Waals surface area contributed by atoms with E-state index >= 15 is 0 Å². The Labute approximate surface area is 82.1 Å². The van der Waals surface area contributed by atoms with Gasteiger partial charge in [0.2, 0.25) is 0 Å². The van der Waals surface area contributed by atoms with E-state index in [2.05, 4.69) is 0 Å². The first-order valence-corrected chi connectivity index (χ1v) is 3.76. The van der Waals surface area contributed by atoms with Gasteiger partial charge in [0.15, 0.2) is 0 Å². The maximum atomic E-state index is 13.0. The predicted molar refractivity (Wildman–Crippen MR) is 44.4 cm³/mol. The van der Waals surface area contributed by atoms with Gasteiger partial charge in [-0.25, -0.2) is 8.78 Å². The molecule has 0 saturated heterocycles. The molecule has 0 amide bonds. The highest BCUT2D eigenvalue weighted by molar-refractivity contribution is 5.70. The van der Waals surface area contributed by atoms with E-state index in [1.165, 1.54) is 0 Å². The van der Waals surface area contributed by atoms with Crippen molar-refractivity contribution in [2.24, 2.45) is 0 Å². The van der Waals surface area contributed by atoms with Crippen LogP contribution in [0.25, 0.3) is 0 Å². The zero-order valence-corrected chi connectivity index (χ0v) is 7.24. The van der Waals surface area contributed by atoms with Crippen molar-refractivity contribution in [1.82, 2.24) is 0 Å². The number of nitro benzene ring substituents is 1. The van der Waals surface area contributed by atoms with E-state index in [9.17, 15) is 23.7 Å². The van der Waals surface area contributed by atoms with Crippen LogP contribution >= 0.6 is 0 Å². The zero-order valence-electron chi connectivity index (χ0n) is 7.24. The molecule has 5 nitrogen and oxygen atoms in total. The first kappa shape index (κ1) is 11.0. The van der Waals surface area contributed by atoms with Gasteiger partial charge in [-0.05, 0) is 0 Å². The van der Waals surface area contributed by atoms with Crippen LogP contribution in [0.15, 0.2) is 12.1 Å². The van der Waals surface area contributed by atoms with Gasteiger partial charge in [-0.1, -0.05) is 0 Å². The number of halogens is 2. The van der Waals surface area contributed by atoms with Crippen LogP contribution < -0.4 is 0 Å². The Kier molecular flexibility index (Phi) is 2.93. The lowest BCUT2D eigenvalue weighted by molar-refractivity contribution is -0.385. The fourth-order valence-electron chi connectivity index (χ4n) is 1.02. The van der Waals surface area contributed by atoms with Gasteiger partial charge in [0.25, 0.3) is 5.69 Å². The largest absolute Gasteiger partial charge is 0.481 e. The molecule has 1 rings (SSSR count). The molecule has 0 atom stereocenters. The van der Waals surface area contributed by atoms with Gasteiger partial charge in [0, 0.05) is 5.56 Å². The number of rotatable bonds is 3. The molecule has 7 heteroatoms. The summed E-state index contributed by atoms with van der Waals surface area (Å²) in [5, 5.41) is 18.5. The number of hydrogen-bond acceptors (Lipinski definition) is 3. The van der Waals surface area contributed by atoms with Crippen molar-refractivity contribution in [3.05, 3.63) is 39.4 Å². The summed E-state index contributed by atoms with van der Waals surface area (Å²) in [5.41, 5.74) is -1.44. The minimum atomic E-state index is -1.42. The summed E-state index contributed by atoms with van der Waals surface area (Å²) in [5.74, 6) is -3.88. The Hall–Kier alpha value is -2.05. The topological polar surface area (TPSA) is 80.4 Å². The molecule has 1 aromatic rings. The highest BCUT2D eigenvalue weighted by Crippen LogP contribution is 2.20. The number of carboxylic acid groups (broad SMARTS) is 1. The average molecular weight is 217 g/mol. The Balaban J connectivity index is 3.21. The van der Waals surface area contributed by atoms with E-state index in [1.54, 1.807) is 0 Å². The van der Waals surface area contributed by atoms with Gasteiger partial charge >= 0.3 is 5.97 Å². The van der Waals surface area contributed by atoms with E-state index in [0.717, 1.165) is 0 Å². The normalized spacial score (nSPS) is 10.0. The Morgan fingerprint density at radius 1 is 1.40 bits per heavy atom. The van der Waals surface area contributed by atoms with Crippen LogP contribution in [0.1, 0.15) is 5.56 Å². The van der Waals surface area contributed by atoms with Crippen LogP contribution in [-0.4, -0.2) is 16.0 Å². The van der Waals surface area contributed by atoms with E-state index in [4.69, 9.17) is 5.11 Å². The Bertz CT molecular complexity index is 410. The Morgan fingerprint density at radius 3 is 2.20 bits per heavy atom. The molecule has 0 aliphatic carbocycles. The van der Waals surface area contributed by atoms with Crippen LogP contribution in [0.5, 0.6) is 0 Å². The van der Waals surface area contributed by atoms with Crippen molar-refractivity contribution < 1.29 is 23.6 Å². The molecule has 0 fully saturated rings. The second kappa shape index (κ2) is 3.99. The second-order valence-corrected chi connectivity index (χ2v) is 2.72. The average Bonchev–Trinajstić information content (AvgIpc) is 2.10. The number of nitrogens with zero attached hydrogens (tertiary/aromatic N) is 1. The summed E-state index contributed by atoms with van der Waals surface area (Å²) in [4.78, 5) is 19.5. The third-order valence-electron chi connectivity index (χ3n) is 1.66. The van der Waals surface area contributed by atoms with Crippen LogP contribution in [0, 0.1) is 21.7 Å². The van der Waals surface area contributed by atoms with Gasteiger partial charge < -0.3 is 5.11 Å². The number of non-ortho nitro benzene ring substituents is 1. The smallest absolute Gasteiger partial charge is 0.308 e. The number of carboxylic acids is 1. The van der Waals surface area contributed by atoms with Crippen molar-refractivity contribution >= 4 is 11.7 Å². The molecule has 0 radical (unpaired) electrons. The van der Waals surface area contributed by atoms with Gasteiger partial charge in [-0.2, -0.15) is 0 Å². The summed E-state index contributed by atoms with van der Waals surface area (Å²) in [7, 11) is 0. The van der Waals surface area contributed by atoms with Gasteiger partial charge in [0.1, 0.15) is 11.6 Å². The van der Waals surface area contributed by atoms with Crippen molar-refractivity contribution in [3.8, 4) is 0 Å². The number of carbonyl (C=O) groups is 1. The Morgan fingerprint density at radius 2 is 1.87 bits per heavy atom. The molecule has 1 aromatic carbocycles. The molecule has 1 N–H and O–H groups in total. The standard InChI is InChI=1S/C8H5F2NO4/c9-6-1-4(11(14)15)2-7(10)5(6)3-8(12)13/h1-2H,3H2,(H,12,13). The first-order chi connectivity index (χ1) is 6.91. The molecule has 80 valence electrons. The molecule has 0 heterocycles. The van der Waals surface area contributed by atoms with Crippen LogP contribution in [-0.2, 0) is 11.2 Å². The molecular formula is C8H5F2NO4. The molecule has 0 aromatic heterocycles. The summed E-state index contributed by atoms with van der Waals surface area (Å²) in [6.07, 6.45) is -0.852. The predicted octanol–water partition coefficient (Wildman–Crippen LogP) is 1.50. The fraction of sp³-hybridized carbons (Fsp3) is 0.125.